The van der Waals surface area contributed by atoms with Crippen LogP contribution in [0.1, 0.15) is 38.3 Å². The van der Waals surface area contributed by atoms with Gasteiger partial charge in [-0.1, -0.05) is 56.3 Å². The van der Waals surface area contributed by atoms with Crippen LogP contribution in [-0.2, 0) is 46.4 Å². The van der Waals surface area contributed by atoms with Gasteiger partial charge in [0.15, 0.2) is 0 Å². The van der Waals surface area contributed by atoms with Crippen molar-refractivity contribution in [3.63, 3.8) is 0 Å². The maximum Gasteiger partial charge on any atom is 0.258 e. The van der Waals surface area contributed by atoms with Gasteiger partial charge in [-0.3, -0.25) is 33.6 Å². The monoisotopic (exact) mass is 620 g/mol. The zero-order chi connectivity index (χ0) is 33.2. The first-order valence-electron chi connectivity index (χ1n) is 14.7. The highest BCUT2D eigenvalue weighted by atomic mass is 16.2. The Kier molecular flexibility index (Phi) is 15.2. The van der Waals surface area contributed by atoms with Crippen LogP contribution in [0.15, 0.2) is 66.7 Å². The van der Waals surface area contributed by atoms with Crippen molar-refractivity contribution < 1.29 is 33.6 Å². The third-order valence-corrected chi connectivity index (χ3v) is 6.24. The van der Waals surface area contributed by atoms with Gasteiger partial charge in [-0.05, 0) is 36.6 Å². The van der Waals surface area contributed by atoms with E-state index >= 15 is 0 Å². The number of hydrogen-bond donors (Lipinski definition) is 5. The van der Waals surface area contributed by atoms with Crippen molar-refractivity contribution in [2.24, 2.45) is 0 Å². The van der Waals surface area contributed by atoms with E-state index in [2.05, 4.69) is 26.6 Å². The predicted octanol–water partition coefficient (Wildman–Crippen LogP) is 0.287. The fraction of sp³-hybridized carbons (Fsp3) is 0.344. The summed E-state index contributed by atoms with van der Waals surface area (Å²) in [7, 11) is 0. The molecule has 0 fully saturated rings. The predicted molar refractivity (Wildman–Crippen MR) is 168 cm³/mol. The molecule has 0 saturated carbocycles. The lowest BCUT2D eigenvalue weighted by Gasteiger charge is -2.19. The van der Waals surface area contributed by atoms with Gasteiger partial charge in [0, 0.05) is 31.5 Å². The molecular weight excluding hydrogens is 580 g/mol. The minimum atomic E-state index is -0.989. The van der Waals surface area contributed by atoms with Gasteiger partial charge in [-0.25, -0.2) is 4.90 Å². The molecule has 45 heavy (non-hydrogen) atoms. The van der Waals surface area contributed by atoms with E-state index in [0.29, 0.717) is 18.7 Å². The van der Waals surface area contributed by atoms with Crippen molar-refractivity contribution in [3.8, 4) is 0 Å². The van der Waals surface area contributed by atoms with Crippen molar-refractivity contribution in [2.75, 3.05) is 31.1 Å². The molecule has 0 aromatic heterocycles. The number of aryl methyl sites for hydroxylation is 1. The van der Waals surface area contributed by atoms with E-state index in [1.807, 2.05) is 19.9 Å². The number of carbonyl (C=O) groups is 7. The molecule has 1 aliphatic heterocycles. The molecule has 13 heteroatoms. The Hall–Kier alpha value is -5.33. The number of anilines is 1. The smallest absolute Gasteiger partial charge is 0.258 e. The van der Waals surface area contributed by atoms with E-state index in [1.54, 1.807) is 55.5 Å². The average Bonchev–Trinajstić information content (AvgIpc) is 3.39. The maximum atomic E-state index is 12.7. The SMILES string of the molecule is CC.CCNC(=O)CNC(=O)C(Cc1ccccc1)NC(=O)CNC(=O)CNC(=O)CCc1cccc(N2C(=O)C=CC2=O)c1. The highest BCUT2D eigenvalue weighted by Crippen LogP contribution is 2.20. The minimum Gasteiger partial charge on any atom is -0.355 e. The van der Waals surface area contributed by atoms with Gasteiger partial charge in [0.05, 0.1) is 25.3 Å². The van der Waals surface area contributed by atoms with E-state index in [1.165, 1.54) is 12.2 Å². The summed E-state index contributed by atoms with van der Waals surface area (Å²) < 4.78 is 0. The second kappa shape index (κ2) is 19.1. The largest absolute Gasteiger partial charge is 0.355 e. The Morgan fingerprint density at radius 2 is 1.27 bits per heavy atom. The van der Waals surface area contributed by atoms with Gasteiger partial charge in [0.25, 0.3) is 11.8 Å². The van der Waals surface area contributed by atoms with Crippen LogP contribution in [0, 0.1) is 0 Å². The number of rotatable bonds is 15. The van der Waals surface area contributed by atoms with Crippen LogP contribution < -0.4 is 31.5 Å². The first kappa shape index (κ1) is 35.9. The molecule has 0 aliphatic carbocycles. The molecule has 2 aromatic carbocycles. The fourth-order valence-corrected chi connectivity index (χ4v) is 4.13. The Morgan fingerprint density at radius 1 is 0.689 bits per heavy atom. The second-order valence-corrected chi connectivity index (χ2v) is 9.55. The van der Waals surface area contributed by atoms with Crippen LogP contribution in [0.4, 0.5) is 5.69 Å². The van der Waals surface area contributed by atoms with Crippen LogP contribution in [0.25, 0.3) is 0 Å². The van der Waals surface area contributed by atoms with Crippen LogP contribution in [0.2, 0.25) is 0 Å². The van der Waals surface area contributed by atoms with Crippen molar-refractivity contribution in [1.29, 1.82) is 0 Å². The standard InChI is InChI=1S/C30H34N6O7.C2H6/c1-2-31-25(38)18-34-30(43)23(16-20-7-4-3-5-8-20)35-27(40)19-33-26(39)17-32-24(37)12-11-21-9-6-10-22(15-21)36-28(41)13-14-29(36)42;1-2/h3-10,13-15,23H,2,11-12,16-19H2,1H3,(H,31,38)(H,32,37)(H,33,39)(H,34,43)(H,35,40);1-2H3. The van der Waals surface area contributed by atoms with Crippen LogP contribution in [0.3, 0.4) is 0 Å². The Labute approximate surface area is 262 Å². The molecule has 2 aromatic rings. The molecule has 0 saturated heterocycles. The Bertz CT molecular complexity index is 1380. The fourth-order valence-electron chi connectivity index (χ4n) is 4.13. The zero-order valence-corrected chi connectivity index (χ0v) is 25.7. The Balaban J connectivity index is 0.00000345. The van der Waals surface area contributed by atoms with Gasteiger partial charge in [-0.15, -0.1) is 0 Å². The molecule has 0 bridgehead atoms. The zero-order valence-electron chi connectivity index (χ0n) is 25.7. The molecule has 1 heterocycles. The summed E-state index contributed by atoms with van der Waals surface area (Å²) in [5, 5.41) is 12.5. The molecule has 3 rings (SSSR count). The summed E-state index contributed by atoms with van der Waals surface area (Å²) in [4.78, 5) is 86.3. The first-order valence-corrected chi connectivity index (χ1v) is 14.7. The number of benzene rings is 2. The van der Waals surface area contributed by atoms with E-state index < -0.39 is 48.0 Å². The van der Waals surface area contributed by atoms with E-state index in [9.17, 15) is 33.6 Å². The molecule has 5 N–H and O–H groups in total. The highest BCUT2D eigenvalue weighted by Gasteiger charge is 2.25. The summed E-state index contributed by atoms with van der Waals surface area (Å²) in [5.74, 6) is -3.44. The molecule has 13 nitrogen and oxygen atoms in total. The quantitative estimate of drug-likeness (QED) is 0.177. The topological polar surface area (TPSA) is 183 Å². The number of likely N-dealkylation sites (N-methyl/N-ethyl adjacent to an activating group) is 1. The van der Waals surface area contributed by atoms with E-state index in [0.717, 1.165) is 16.0 Å². The van der Waals surface area contributed by atoms with Crippen LogP contribution in [0.5, 0.6) is 0 Å². The molecule has 7 amide bonds. The van der Waals surface area contributed by atoms with Crippen molar-refractivity contribution in [1.82, 2.24) is 26.6 Å². The number of amides is 7. The maximum absolute atomic E-state index is 12.7. The van der Waals surface area contributed by atoms with Gasteiger partial charge in [-0.2, -0.15) is 0 Å². The van der Waals surface area contributed by atoms with Gasteiger partial charge < -0.3 is 26.6 Å². The van der Waals surface area contributed by atoms with Gasteiger partial charge in [0.1, 0.15) is 6.04 Å². The number of imide groups is 1. The van der Waals surface area contributed by atoms with Gasteiger partial charge in [0.2, 0.25) is 29.5 Å². The lowest BCUT2D eigenvalue weighted by Crippen LogP contribution is -2.52. The molecule has 0 spiro atoms. The molecule has 240 valence electrons. The highest BCUT2D eigenvalue weighted by molar-refractivity contribution is 6.28. The summed E-state index contributed by atoms with van der Waals surface area (Å²) in [6.07, 6.45) is 2.89. The number of nitrogens with one attached hydrogen (secondary N) is 5. The van der Waals surface area contributed by atoms with E-state index in [4.69, 9.17) is 0 Å². The average molecular weight is 621 g/mol. The van der Waals surface area contributed by atoms with E-state index in [-0.39, 0.29) is 31.8 Å². The Morgan fingerprint density at radius 3 is 1.93 bits per heavy atom. The molecule has 1 aliphatic rings. The summed E-state index contributed by atoms with van der Waals surface area (Å²) >= 11 is 0. The van der Waals surface area contributed by atoms with Gasteiger partial charge >= 0.3 is 0 Å². The number of nitrogens with zero attached hydrogens (tertiary/aromatic N) is 1. The minimum absolute atomic E-state index is 0.0456. The molecule has 0 radical (unpaired) electrons. The molecule has 1 atom stereocenters. The lowest BCUT2D eigenvalue weighted by atomic mass is 10.1. The lowest BCUT2D eigenvalue weighted by molar-refractivity contribution is -0.131. The summed E-state index contributed by atoms with van der Waals surface area (Å²) in [6, 6.07) is 14.7. The normalized spacial score (nSPS) is 12.4. The summed E-state index contributed by atoms with van der Waals surface area (Å²) in [5.41, 5.74) is 1.91. The van der Waals surface area contributed by atoms with Crippen molar-refractivity contribution >= 4 is 47.0 Å². The van der Waals surface area contributed by atoms with Crippen LogP contribution >= 0.6 is 0 Å². The third kappa shape index (κ3) is 12.4. The third-order valence-electron chi connectivity index (χ3n) is 6.24. The second-order valence-electron chi connectivity index (χ2n) is 9.55. The molecular formula is C32H40N6O7. The van der Waals surface area contributed by atoms with Crippen molar-refractivity contribution in [2.45, 2.75) is 46.1 Å². The van der Waals surface area contributed by atoms with Crippen molar-refractivity contribution in [3.05, 3.63) is 77.9 Å². The molecule has 1 unspecified atom stereocenters. The summed E-state index contributed by atoms with van der Waals surface area (Å²) in [6.45, 7) is 5.12. The number of carbonyl (C=O) groups excluding carboxylic acids is 7. The number of hydrogen-bond acceptors (Lipinski definition) is 7. The first-order chi connectivity index (χ1) is 21.7. The van der Waals surface area contributed by atoms with Crippen LogP contribution in [-0.4, -0.2) is 73.6 Å².